The first-order valence-electron chi connectivity index (χ1n) is 3.07. The summed E-state index contributed by atoms with van der Waals surface area (Å²) in [5.41, 5.74) is 0.251. The lowest BCUT2D eigenvalue weighted by Crippen LogP contribution is -2.13. The molecule has 6 nitrogen and oxygen atoms in total. The Morgan fingerprint density at radius 1 is 0.667 bits per heavy atom. The van der Waals surface area contributed by atoms with Crippen LogP contribution in [0.5, 0.6) is 0 Å². The number of benzene rings is 1. The van der Waals surface area contributed by atoms with Gasteiger partial charge in [-0.05, 0) is 24.3 Å². The van der Waals surface area contributed by atoms with E-state index in [1.807, 2.05) is 0 Å². The van der Waals surface area contributed by atoms with Crippen LogP contribution < -0.4 is 10.5 Å². The van der Waals surface area contributed by atoms with Gasteiger partial charge in [-0.2, -0.15) is 0 Å². The molecule has 1 rings (SSSR count). The molecule has 0 spiro atoms. The van der Waals surface area contributed by atoms with E-state index in [0.717, 1.165) is 0 Å². The first kappa shape index (κ1) is 8.75. The average Bonchev–Trinajstić information content (AvgIpc) is 2.04. The lowest BCUT2D eigenvalue weighted by molar-refractivity contribution is 0.0266. The maximum atomic E-state index is 8.50. The molecule has 0 aliphatic carbocycles. The fraction of sp³-hybridized carbons (Fsp3) is 0. The monoisotopic (exact) mass is 172 g/mol. The molecule has 1 aromatic carbocycles. The average molecular weight is 172 g/mol. The van der Waals surface area contributed by atoms with Crippen molar-refractivity contribution in [3.05, 3.63) is 24.3 Å². The molecule has 0 radical (unpaired) electrons. The van der Waals surface area contributed by atoms with E-state index < -0.39 is 0 Å². The van der Waals surface area contributed by atoms with Crippen LogP contribution in [-0.2, 0) is 0 Å². The van der Waals surface area contributed by atoms with Gasteiger partial charge in [-0.1, -0.05) is 0 Å². The molecule has 0 amide bonds. The molecule has 0 aromatic heterocycles. The Morgan fingerprint density at radius 2 is 0.917 bits per heavy atom. The second-order valence-electron chi connectivity index (χ2n) is 2.10. The Hall–Kier alpha value is -1.34. The van der Waals surface area contributed by atoms with E-state index in [2.05, 4.69) is 0 Å². The highest BCUT2D eigenvalue weighted by Gasteiger charge is 2.01. The fourth-order valence-corrected chi connectivity index (χ4v) is 0.719. The van der Waals surface area contributed by atoms with Crippen LogP contribution in [0.4, 0.5) is 11.4 Å². The third kappa shape index (κ3) is 1.83. The SMILES string of the molecule is ON(O)c1ccc(N(O)O)cc1. The van der Waals surface area contributed by atoms with Crippen molar-refractivity contribution in [3.8, 4) is 0 Å². The zero-order valence-electron chi connectivity index (χ0n) is 5.99. The normalized spacial score (nSPS) is 9.67. The molecule has 0 saturated carbocycles. The third-order valence-corrected chi connectivity index (χ3v) is 1.31. The summed E-state index contributed by atoms with van der Waals surface area (Å²) in [6.45, 7) is 0. The summed E-state index contributed by atoms with van der Waals surface area (Å²) in [6.07, 6.45) is 0. The van der Waals surface area contributed by atoms with Crippen LogP contribution in [0.25, 0.3) is 0 Å². The minimum atomic E-state index is -0.0666. The van der Waals surface area contributed by atoms with Gasteiger partial charge < -0.3 is 0 Å². The molecule has 66 valence electrons. The van der Waals surface area contributed by atoms with Crippen LogP contribution in [-0.4, -0.2) is 20.8 Å². The number of rotatable bonds is 2. The molecule has 12 heavy (non-hydrogen) atoms. The van der Waals surface area contributed by atoms with Gasteiger partial charge in [0.2, 0.25) is 0 Å². The molecular formula is C6H8N2O4. The molecule has 0 aliphatic heterocycles. The second-order valence-corrected chi connectivity index (χ2v) is 2.10. The lowest BCUT2D eigenvalue weighted by Gasteiger charge is -2.10. The van der Waals surface area contributed by atoms with Crippen LogP contribution in [0.1, 0.15) is 0 Å². The zero-order chi connectivity index (χ0) is 9.14. The maximum absolute atomic E-state index is 8.50. The number of hydrogen-bond donors (Lipinski definition) is 4. The second kappa shape index (κ2) is 3.37. The summed E-state index contributed by atoms with van der Waals surface area (Å²) in [7, 11) is 0. The predicted molar refractivity (Wildman–Crippen MR) is 38.5 cm³/mol. The minimum Gasteiger partial charge on any atom is -0.264 e. The summed E-state index contributed by atoms with van der Waals surface area (Å²) >= 11 is 0. The van der Waals surface area contributed by atoms with Crippen molar-refractivity contribution in [2.45, 2.75) is 0 Å². The van der Waals surface area contributed by atoms with E-state index >= 15 is 0 Å². The molecule has 1 aromatic rings. The predicted octanol–water partition coefficient (Wildman–Crippen LogP) is 0.856. The summed E-state index contributed by atoms with van der Waals surface area (Å²) in [4.78, 5) is 0. The quantitative estimate of drug-likeness (QED) is 0.495. The molecular weight excluding hydrogens is 164 g/mol. The molecule has 0 bridgehead atoms. The topological polar surface area (TPSA) is 87.4 Å². The van der Waals surface area contributed by atoms with Crippen LogP contribution in [0.3, 0.4) is 0 Å². The van der Waals surface area contributed by atoms with Gasteiger partial charge in [-0.25, -0.2) is 0 Å². The molecule has 0 saturated heterocycles. The van der Waals surface area contributed by atoms with Gasteiger partial charge in [0.1, 0.15) is 0 Å². The number of hydrogen-bond acceptors (Lipinski definition) is 6. The summed E-state index contributed by atoms with van der Waals surface area (Å²) in [5.74, 6) is 0. The number of anilines is 2. The van der Waals surface area contributed by atoms with E-state index in [1.165, 1.54) is 24.3 Å². The van der Waals surface area contributed by atoms with E-state index in [1.54, 1.807) is 0 Å². The first-order valence-corrected chi connectivity index (χ1v) is 3.07. The van der Waals surface area contributed by atoms with Crippen LogP contribution in [0.15, 0.2) is 24.3 Å². The van der Waals surface area contributed by atoms with Crippen LogP contribution in [0.2, 0.25) is 0 Å². The highest BCUT2D eigenvalue weighted by Crippen LogP contribution is 2.16. The zero-order valence-corrected chi connectivity index (χ0v) is 5.99. The Bertz CT molecular complexity index is 219. The van der Waals surface area contributed by atoms with E-state index in [4.69, 9.17) is 20.8 Å². The maximum Gasteiger partial charge on any atom is 0.0944 e. The Kier molecular flexibility index (Phi) is 2.46. The molecule has 0 unspecified atom stereocenters. The van der Waals surface area contributed by atoms with Crippen LogP contribution >= 0.6 is 0 Å². The van der Waals surface area contributed by atoms with Crippen molar-refractivity contribution in [2.24, 2.45) is 0 Å². The van der Waals surface area contributed by atoms with Gasteiger partial charge in [0.15, 0.2) is 0 Å². The van der Waals surface area contributed by atoms with Crippen molar-refractivity contribution >= 4 is 11.4 Å². The van der Waals surface area contributed by atoms with Crippen molar-refractivity contribution in [2.75, 3.05) is 10.5 Å². The summed E-state index contributed by atoms with van der Waals surface area (Å²) in [6, 6.07) is 5.20. The number of nitrogens with zero attached hydrogens (tertiary/aromatic N) is 2. The van der Waals surface area contributed by atoms with E-state index in [-0.39, 0.29) is 21.8 Å². The Morgan fingerprint density at radius 3 is 1.08 bits per heavy atom. The largest absolute Gasteiger partial charge is 0.264 e. The van der Waals surface area contributed by atoms with Gasteiger partial charge in [0.05, 0.1) is 11.4 Å². The van der Waals surface area contributed by atoms with E-state index in [9.17, 15) is 0 Å². The third-order valence-electron chi connectivity index (χ3n) is 1.31. The van der Waals surface area contributed by atoms with Gasteiger partial charge in [-0.15, -0.1) is 10.5 Å². The molecule has 0 heterocycles. The van der Waals surface area contributed by atoms with Crippen LogP contribution in [0, 0.1) is 0 Å². The molecule has 4 N–H and O–H groups in total. The van der Waals surface area contributed by atoms with Gasteiger partial charge in [-0.3, -0.25) is 20.8 Å². The molecule has 0 atom stereocenters. The van der Waals surface area contributed by atoms with Crippen molar-refractivity contribution in [3.63, 3.8) is 0 Å². The first-order chi connectivity index (χ1) is 5.61. The van der Waals surface area contributed by atoms with Crippen molar-refractivity contribution in [1.82, 2.24) is 0 Å². The van der Waals surface area contributed by atoms with Gasteiger partial charge >= 0.3 is 0 Å². The molecule has 0 aliphatic rings. The Labute approximate surface area is 67.9 Å². The highest BCUT2D eigenvalue weighted by molar-refractivity contribution is 5.51. The van der Waals surface area contributed by atoms with Crippen molar-refractivity contribution < 1.29 is 20.8 Å². The fourth-order valence-electron chi connectivity index (χ4n) is 0.719. The standard InChI is InChI=1S/C6H8N2O4/c9-7(10)5-1-2-6(4-3-5)8(11)12/h1-4,9-12H. The molecule has 6 heteroatoms. The Balaban J connectivity index is 2.86. The molecule has 0 fully saturated rings. The summed E-state index contributed by atoms with van der Waals surface area (Å²) < 4.78 is 0. The minimum absolute atomic E-state index is 0.0666. The van der Waals surface area contributed by atoms with Gasteiger partial charge in [0.25, 0.3) is 0 Å². The summed E-state index contributed by atoms with van der Waals surface area (Å²) in [5, 5.41) is 33.9. The highest BCUT2D eigenvalue weighted by atomic mass is 16.8. The van der Waals surface area contributed by atoms with E-state index in [0.29, 0.717) is 0 Å². The lowest BCUT2D eigenvalue weighted by atomic mass is 10.3. The van der Waals surface area contributed by atoms with Crippen molar-refractivity contribution in [1.29, 1.82) is 0 Å². The smallest absolute Gasteiger partial charge is 0.0944 e. The van der Waals surface area contributed by atoms with Gasteiger partial charge in [0, 0.05) is 0 Å².